The Morgan fingerprint density at radius 2 is 1.93 bits per heavy atom. The van der Waals surface area contributed by atoms with Crippen molar-refractivity contribution in [2.24, 2.45) is 5.41 Å². The highest BCUT2D eigenvalue weighted by Crippen LogP contribution is 2.36. The number of benzene rings is 1. The Hall–Kier alpha value is -1.11. The van der Waals surface area contributed by atoms with Gasteiger partial charge in [0.25, 0.3) is 0 Å². The maximum atomic E-state index is 13.4. The minimum absolute atomic E-state index is 0.0956. The first-order valence-corrected chi connectivity index (χ1v) is 4.97. The molecule has 0 saturated carbocycles. The fourth-order valence-corrected chi connectivity index (χ4v) is 1.81. The smallest absolute Gasteiger partial charge is 0.130 e. The molecule has 0 aromatic heterocycles. The summed E-state index contributed by atoms with van der Waals surface area (Å²) in [6.07, 6.45) is 2.90. The summed E-state index contributed by atoms with van der Waals surface area (Å²) in [5.74, 6) is -0.0956. The van der Waals surface area contributed by atoms with Gasteiger partial charge >= 0.3 is 0 Å². The van der Waals surface area contributed by atoms with E-state index in [1.54, 1.807) is 6.07 Å². The fourth-order valence-electron chi connectivity index (χ4n) is 1.81. The third-order valence-electron chi connectivity index (χ3n) is 2.81. The molecule has 0 atom stereocenters. The van der Waals surface area contributed by atoms with Crippen LogP contribution in [-0.2, 0) is 6.42 Å². The predicted octanol–water partition coefficient (Wildman–Crippen LogP) is 3.81. The summed E-state index contributed by atoms with van der Waals surface area (Å²) in [5, 5.41) is 0. The van der Waals surface area contributed by atoms with Gasteiger partial charge in [-0.25, -0.2) is 4.39 Å². The van der Waals surface area contributed by atoms with Gasteiger partial charge in [0, 0.05) is 5.56 Å². The van der Waals surface area contributed by atoms with Gasteiger partial charge in [-0.3, -0.25) is 0 Å². The zero-order valence-corrected chi connectivity index (χ0v) is 8.89. The Balaban J connectivity index is 2.45. The van der Waals surface area contributed by atoms with E-state index in [4.69, 9.17) is 0 Å². The second-order valence-corrected chi connectivity index (χ2v) is 4.91. The monoisotopic (exact) mass is 190 g/mol. The Kier molecular flexibility index (Phi) is 1.99. The summed E-state index contributed by atoms with van der Waals surface area (Å²) in [6.45, 7) is 6.51. The van der Waals surface area contributed by atoms with E-state index in [1.165, 1.54) is 11.6 Å². The highest BCUT2D eigenvalue weighted by Gasteiger charge is 2.24. The largest absolute Gasteiger partial charge is 0.206 e. The standard InChI is InChI=1S/C13H15F/c1-13(2,3)10-7-9-5-4-6-12(14)11(9)8-10/h4-6,8H,7H2,1-3H3. The van der Waals surface area contributed by atoms with Crippen molar-refractivity contribution in [3.05, 3.63) is 40.7 Å². The van der Waals surface area contributed by atoms with Gasteiger partial charge in [-0.1, -0.05) is 44.6 Å². The van der Waals surface area contributed by atoms with E-state index >= 15 is 0 Å². The van der Waals surface area contributed by atoms with Crippen molar-refractivity contribution in [3.63, 3.8) is 0 Å². The van der Waals surface area contributed by atoms with Crippen molar-refractivity contribution in [2.45, 2.75) is 27.2 Å². The Morgan fingerprint density at radius 3 is 2.50 bits per heavy atom. The lowest BCUT2D eigenvalue weighted by atomic mass is 9.85. The van der Waals surface area contributed by atoms with Crippen molar-refractivity contribution in [1.29, 1.82) is 0 Å². The van der Waals surface area contributed by atoms with Crippen LogP contribution in [0.25, 0.3) is 6.08 Å². The molecule has 0 aliphatic heterocycles. The van der Waals surface area contributed by atoms with Gasteiger partial charge in [-0.05, 0) is 23.5 Å². The average Bonchev–Trinajstić information content (AvgIpc) is 2.48. The minimum atomic E-state index is -0.0956. The van der Waals surface area contributed by atoms with Crippen LogP contribution in [0.15, 0.2) is 23.8 Å². The molecular weight excluding hydrogens is 175 g/mol. The molecule has 0 nitrogen and oxygen atoms in total. The van der Waals surface area contributed by atoms with Crippen LogP contribution in [0, 0.1) is 11.2 Å². The Morgan fingerprint density at radius 1 is 1.21 bits per heavy atom. The van der Waals surface area contributed by atoms with E-state index in [2.05, 4.69) is 20.8 Å². The normalized spacial score (nSPS) is 15.3. The first kappa shape index (κ1) is 9.45. The molecule has 0 bridgehead atoms. The molecule has 1 aromatic rings. The van der Waals surface area contributed by atoms with Crippen molar-refractivity contribution in [1.82, 2.24) is 0 Å². The van der Waals surface area contributed by atoms with Gasteiger partial charge in [0.05, 0.1) is 0 Å². The van der Waals surface area contributed by atoms with E-state index in [0.29, 0.717) is 0 Å². The fraction of sp³-hybridized carbons (Fsp3) is 0.385. The SMILES string of the molecule is CC(C)(C)C1=Cc2c(F)cccc2C1. The number of rotatable bonds is 0. The second-order valence-electron chi connectivity index (χ2n) is 4.91. The van der Waals surface area contributed by atoms with Crippen LogP contribution in [0.3, 0.4) is 0 Å². The van der Waals surface area contributed by atoms with E-state index < -0.39 is 0 Å². The van der Waals surface area contributed by atoms with Gasteiger partial charge in [0.2, 0.25) is 0 Å². The van der Waals surface area contributed by atoms with Crippen molar-refractivity contribution < 1.29 is 4.39 Å². The number of fused-ring (bicyclic) bond motifs is 1. The van der Waals surface area contributed by atoms with E-state index in [9.17, 15) is 4.39 Å². The van der Waals surface area contributed by atoms with Crippen LogP contribution in [0.4, 0.5) is 4.39 Å². The molecular formula is C13H15F. The van der Waals surface area contributed by atoms with Crippen molar-refractivity contribution in [3.8, 4) is 0 Å². The van der Waals surface area contributed by atoms with Crippen LogP contribution in [-0.4, -0.2) is 0 Å². The highest BCUT2D eigenvalue weighted by molar-refractivity contribution is 5.65. The van der Waals surface area contributed by atoms with Crippen LogP contribution < -0.4 is 0 Å². The second kappa shape index (κ2) is 2.94. The summed E-state index contributed by atoms with van der Waals surface area (Å²) in [7, 11) is 0. The topological polar surface area (TPSA) is 0 Å². The Bertz CT molecular complexity index is 394. The van der Waals surface area contributed by atoms with Crippen LogP contribution in [0.1, 0.15) is 31.9 Å². The molecule has 0 radical (unpaired) electrons. The van der Waals surface area contributed by atoms with Gasteiger partial charge in [-0.2, -0.15) is 0 Å². The zero-order chi connectivity index (χ0) is 10.3. The summed E-state index contributed by atoms with van der Waals surface area (Å²) >= 11 is 0. The molecule has 2 rings (SSSR count). The molecule has 0 spiro atoms. The molecule has 1 aliphatic carbocycles. The third kappa shape index (κ3) is 1.47. The zero-order valence-electron chi connectivity index (χ0n) is 8.89. The molecule has 1 heteroatoms. The van der Waals surface area contributed by atoms with Gasteiger partial charge in [0.1, 0.15) is 5.82 Å². The van der Waals surface area contributed by atoms with Crippen molar-refractivity contribution >= 4 is 6.08 Å². The first-order valence-electron chi connectivity index (χ1n) is 4.97. The lowest BCUT2D eigenvalue weighted by Crippen LogP contribution is -2.08. The number of hydrogen-bond acceptors (Lipinski definition) is 0. The minimum Gasteiger partial charge on any atom is -0.206 e. The molecule has 0 saturated heterocycles. The summed E-state index contributed by atoms with van der Waals surface area (Å²) < 4.78 is 13.4. The summed E-state index contributed by atoms with van der Waals surface area (Å²) in [6, 6.07) is 5.32. The average molecular weight is 190 g/mol. The van der Waals surface area contributed by atoms with E-state index in [0.717, 1.165) is 17.5 Å². The van der Waals surface area contributed by atoms with E-state index in [1.807, 2.05) is 12.1 Å². The van der Waals surface area contributed by atoms with E-state index in [-0.39, 0.29) is 11.2 Å². The Labute approximate surface area is 84.5 Å². The lowest BCUT2D eigenvalue weighted by molar-refractivity contribution is 0.498. The van der Waals surface area contributed by atoms with Crippen LogP contribution in [0.5, 0.6) is 0 Å². The quantitative estimate of drug-likeness (QED) is 0.583. The molecule has 0 unspecified atom stereocenters. The van der Waals surface area contributed by atoms with Gasteiger partial charge < -0.3 is 0 Å². The van der Waals surface area contributed by atoms with Crippen molar-refractivity contribution in [2.75, 3.05) is 0 Å². The molecule has 74 valence electrons. The summed E-state index contributed by atoms with van der Waals surface area (Å²) in [5.41, 5.74) is 3.37. The highest BCUT2D eigenvalue weighted by atomic mass is 19.1. The molecule has 0 N–H and O–H groups in total. The molecule has 0 heterocycles. The molecule has 1 aliphatic rings. The van der Waals surface area contributed by atoms with Crippen LogP contribution in [0.2, 0.25) is 0 Å². The maximum absolute atomic E-state index is 13.4. The molecule has 0 amide bonds. The van der Waals surface area contributed by atoms with Crippen LogP contribution >= 0.6 is 0 Å². The number of halogens is 1. The lowest BCUT2D eigenvalue weighted by Gasteiger charge is -2.19. The molecule has 1 aromatic carbocycles. The first-order chi connectivity index (χ1) is 6.48. The maximum Gasteiger partial charge on any atom is 0.130 e. The van der Waals surface area contributed by atoms with Gasteiger partial charge in [0.15, 0.2) is 0 Å². The third-order valence-corrected chi connectivity index (χ3v) is 2.81. The molecule has 0 fully saturated rings. The molecule has 14 heavy (non-hydrogen) atoms. The van der Waals surface area contributed by atoms with Gasteiger partial charge in [-0.15, -0.1) is 0 Å². The predicted molar refractivity (Wildman–Crippen MR) is 57.5 cm³/mol. The number of allylic oxidation sites excluding steroid dienone is 1. The summed E-state index contributed by atoms with van der Waals surface area (Å²) in [4.78, 5) is 0. The number of hydrogen-bond donors (Lipinski definition) is 0.